The highest BCUT2D eigenvalue weighted by atomic mass is 32.2. The number of nitro benzene ring substituents is 1. The van der Waals surface area contributed by atoms with Gasteiger partial charge in [-0.2, -0.15) is 9.41 Å². The van der Waals surface area contributed by atoms with Crippen LogP contribution in [0.25, 0.3) is 0 Å². The summed E-state index contributed by atoms with van der Waals surface area (Å²) >= 11 is 1.62. The minimum Gasteiger partial charge on any atom is -0.272 e. The smallest absolute Gasteiger partial charge is 0.272 e. The molecule has 0 heterocycles. The number of hydrogen-bond donors (Lipinski definition) is 1. The van der Waals surface area contributed by atoms with Crippen LogP contribution in [-0.4, -0.2) is 43.2 Å². The Labute approximate surface area is 168 Å². The fourth-order valence-electron chi connectivity index (χ4n) is 2.50. The molecule has 0 saturated heterocycles. The van der Waals surface area contributed by atoms with Crippen molar-refractivity contribution in [1.29, 1.82) is 0 Å². The standard InChI is InChI=1S/C18H22N4O4S2/c1-4-21(5-2)28(25,26)16-10-11-17(18(12-16)22(23)24)20-19-13-14-6-8-15(27-3)9-7-14/h6-13,20H,4-5H2,1-3H3/b19-13+. The van der Waals surface area contributed by atoms with E-state index in [1.165, 1.54) is 22.7 Å². The van der Waals surface area contributed by atoms with Crippen molar-refractivity contribution < 1.29 is 13.3 Å². The third-order valence-electron chi connectivity index (χ3n) is 4.02. The van der Waals surface area contributed by atoms with Gasteiger partial charge >= 0.3 is 0 Å². The molecular weight excluding hydrogens is 400 g/mol. The predicted molar refractivity (Wildman–Crippen MR) is 113 cm³/mol. The zero-order valence-electron chi connectivity index (χ0n) is 15.8. The molecule has 0 radical (unpaired) electrons. The molecule has 28 heavy (non-hydrogen) atoms. The SMILES string of the molecule is CCN(CC)S(=O)(=O)c1ccc(N/N=C/c2ccc(SC)cc2)c([N+](=O)[O-])c1. The van der Waals surface area contributed by atoms with Crippen molar-refractivity contribution in [3.05, 3.63) is 58.1 Å². The summed E-state index contributed by atoms with van der Waals surface area (Å²) in [6, 6.07) is 11.4. The van der Waals surface area contributed by atoms with Crippen molar-refractivity contribution in [2.24, 2.45) is 5.10 Å². The molecule has 0 spiro atoms. The first-order valence-corrected chi connectivity index (χ1v) is 11.2. The Bertz CT molecular complexity index is 956. The highest BCUT2D eigenvalue weighted by Gasteiger charge is 2.25. The van der Waals surface area contributed by atoms with Crippen LogP contribution < -0.4 is 5.43 Å². The molecule has 0 amide bonds. The topological polar surface area (TPSA) is 105 Å². The molecule has 8 nitrogen and oxygen atoms in total. The van der Waals surface area contributed by atoms with Gasteiger partial charge in [0.1, 0.15) is 5.69 Å². The van der Waals surface area contributed by atoms with Gasteiger partial charge in [0.15, 0.2) is 0 Å². The van der Waals surface area contributed by atoms with Crippen LogP contribution in [-0.2, 0) is 10.0 Å². The number of hydrogen-bond acceptors (Lipinski definition) is 7. The maximum Gasteiger partial charge on any atom is 0.295 e. The number of anilines is 1. The average molecular weight is 423 g/mol. The van der Waals surface area contributed by atoms with E-state index in [4.69, 9.17) is 0 Å². The van der Waals surface area contributed by atoms with Gasteiger partial charge in [-0.3, -0.25) is 15.5 Å². The molecule has 0 fully saturated rings. The average Bonchev–Trinajstić information content (AvgIpc) is 2.69. The van der Waals surface area contributed by atoms with Gasteiger partial charge in [-0.1, -0.05) is 26.0 Å². The van der Waals surface area contributed by atoms with Gasteiger partial charge < -0.3 is 0 Å². The molecule has 0 aliphatic rings. The monoisotopic (exact) mass is 422 g/mol. The molecular formula is C18H22N4O4S2. The highest BCUT2D eigenvalue weighted by molar-refractivity contribution is 7.98. The van der Waals surface area contributed by atoms with Crippen LogP contribution in [0.15, 0.2) is 57.4 Å². The van der Waals surface area contributed by atoms with E-state index in [2.05, 4.69) is 10.5 Å². The normalized spacial score (nSPS) is 11.9. The fourth-order valence-corrected chi connectivity index (χ4v) is 4.38. The number of rotatable bonds is 9. The van der Waals surface area contributed by atoms with E-state index in [0.29, 0.717) is 0 Å². The molecule has 0 atom stereocenters. The number of sulfonamides is 1. The summed E-state index contributed by atoms with van der Waals surface area (Å²) in [4.78, 5) is 11.8. The quantitative estimate of drug-likeness (QED) is 0.285. The summed E-state index contributed by atoms with van der Waals surface area (Å²) in [5.41, 5.74) is 3.20. The molecule has 1 N–H and O–H groups in total. The molecule has 0 bridgehead atoms. The molecule has 2 aromatic carbocycles. The van der Waals surface area contributed by atoms with E-state index in [1.807, 2.05) is 30.5 Å². The Hall–Kier alpha value is -2.43. The van der Waals surface area contributed by atoms with E-state index < -0.39 is 14.9 Å². The summed E-state index contributed by atoms with van der Waals surface area (Å²) in [5, 5.41) is 15.4. The third-order valence-corrected chi connectivity index (χ3v) is 6.81. The lowest BCUT2D eigenvalue weighted by Crippen LogP contribution is -2.30. The summed E-state index contributed by atoms with van der Waals surface area (Å²) in [6.45, 7) is 4.00. The van der Waals surface area contributed by atoms with E-state index in [9.17, 15) is 18.5 Å². The second-order valence-electron chi connectivity index (χ2n) is 5.67. The largest absolute Gasteiger partial charge is 0.295 e. The van der Waals surface area contributed by atoms with Gasteiger partial charge in [-0.15, -0.1) is 11.8 Å². The number of thioether (sulfide) groups is 1. The van der Waals surface area contributed by atoms with E-state index in [0.717, 1.165) is 16.5 Å². The Morgan fingerprint density at radius 1 is 1.18 bits per heavy atom. The lowest BCUT2D eigenvalue weighted by atomic mass is 10.2. The van der Waals surface area contributed by atoms with Crippen LogP contribution in [0, 0.1) is 10.1 Å². The molecule has 0 aliphatic heterocycles. The first-order chi connectivity index (χ1) is 13.3. The molecule has 10 heteroatoms. The number of benzene rings is 2. The lowest BCUT2D eigenvalue weighted by Gasteiger charge is -2.18. The van der Waals surface area contributed by atoms with Gasteiger partial charge in [-0.05, 0) is 36.1 Å². The second-order valence-corrected chi connectivity index (χ2v) is 8.49. The Morgan fingerprint density at radius 2 is 1.82 bits per heavy atom. The predicted octanol–water partition coefficient (Wildman–Crippen LogP) is 3.79. The Kier molecular flexibility index (Phi) is 7.55. The highest BCUT2D eigenvalue weighted by Crippen LogP contribution is 2.29. The summed E-state index contributed by atoms with van der Waals surface area (Å²) < 4.78 is 26.4. The third kappa shape index (κ3) is 5.09. The minimum absolute atomic E-state index is 0.112. The fraction of sp³-hybridized carbons (Fsp3) is 0.278. The van der Waals surface area contributed by atoms with Crippen molar-refractivity contribution in [3.63, 3.8) is 0 Å². The van der Waals surface area contributed by atoms with Crippen LogP contribution in [0.1, 0.15) is 19.4 Å². The second kappa shape index (κ2) is 9.67. The molecule has 150 valence electrons. The Balaban J connectivity index is 2.27. The van der Waals surface area contributed by atoms with Gasteiger partial charge in [0.05, 0.1) is 16.0 Å². The number of hydrazone groups is 1. The van der Waals surface area contributed by atoms with Gasteiger partial charge in [0, 0.05) is 24.1 Å². The number of nitrogens with zero attached hydrogens (tertiary/aromatic N) is 3. The van der Waals surface area contributed by atoms with Crippen molar-refractivity contribution in [2.75, 3.05) is 24.8 Å². The van der Waals surface area contributed by atoms with Crippen LogP contribution >= 0.6 is 11.8 Å². The van der Waals surface area contributed by atoms with Crippen molar-refractivity contribution in [1.82, 2.24) is 4.31 Å². The summed E-state index contributed by atoms with van der Waals surface area (Å²) in [5.74, 6) is 0. The van der Waals surface area contributed by atoms with E-state index in [-0.39, 0.29) is 29.4 Å². The lowest BCUT2D eigenvalue weighted by molar-refractivity contribution is -0.384. The molecule has 0 aromatic heterocycles. The minimum atomic E-state index is -3.78. The first-order valence-electron chi connectivity index (χ1n) is 8.55. The maximum atomic E-state index is 12.6. The maximum absolute atomic E-state index is 12.6. The summed E-state index contributed by atoms with van der Waals surface area (Å²) in [6.07, 6.45) is 3.52. The van der Waals surface area contributed by atoms with Crippen molar-refractivity contribution in [2.45, 2.75) is 23.6 Å². The number of nitrogens with one attached hydrogen (secondary N) is 1. The van der Waals surface area contributed by atoms with Crippen molar-refractivity contribution in [3.8, 4) is 0 Å². The van der Waals surface area contributed by atoms with E-state index >= 15 is 0 Å². The van der Waals surface area contributed by atoms with Gasteiger partial charge in [-0.25, -0.2) is 8.42 Å². The van der Waals surface area contributed by atoms with Crippen molar-refractivity contribution >= 4 is 39.4 Å². The van der Waals surface area contributed by atoms with Gasteiger partial charge in [0.25, 0.3) is 5.69 Å². The number of nitro groups is 1. The molecule has 0 aliphatic carbocycles. The van der Waals surface area contributed by atoms with Crippen LogP contribution in [0.5, 0.6) is 0 Å². The zero-order chi connectivity index (χ0) is 20.7. The molecule has 2 rings (SSSR count). The van der Waals surface area contributed by atoms with Gasteiger partial charge in [0.2, 0.25) is 10.0 Å². The van der Waals surface area contributed by atoms with Crippen LogP contribution in [0.3, 0.4) is 0 Å². The van der Waals surface area contributed by atoms with E-state index in [1.54, 1.807) is 25.6 Å². The first kappa shape index (κ1) is 21.9. The molecule has 0 unspecified atom stereocenters. The Morgan fingerprint density at radius 3 is 2.36 bits per heavy atom. The molecule has 2 aromatic rings. The van der Waals surface area contributed by atoms with Crippen LogP contribution in [0.4, 0.5) is 11.4 Å². The van der Waals surface area contributed by atoms with Crippen LogP contribution in [0.2, 0.25) is 0 Å². The zero-order valence-corrected chi connectivity index (χ0v) is 17.5. The summed E-state index contributed by atoms with van der Waals surface area (Å²) in [7, 11) is -3.78. The molecule has 0 saturated carbocycles.